The number of aromatic nitrogens is 2. The standard InChI is InChI=1S/C16H27N5/c1-4-17-16-18-10-11(2)15(20-16)19-12-8-13-6-5-7-14(9-12)21(13)3/h10,12-14H,4-9H2,1-3H3,(H2,17,18,19,20). The van der Waals surface area contributed by atoms with E-state index in [1.54, 1.807) is 0 Å². The first-order valence-corrected chi connectivity index (χ1v) is 8.23. The van der Waals surface area contributed by atoms with Crippen LogP contribution in [0.3, 0.4) is 0 Å². The average Bonchev–Trinajstić information content (AvgIpc) is 2.44. The van der Waals surface area contributed by atoms with Crippen LogP contribution in [0.4, 0.5) is 11.8 Å². The van der Waals surface area contributed by atoms with Gasteiger partial charge in [-0.1, -0.05) is 6.42 Å². The van der Waals surface area contributed by atoms with E-state index in [-0.39, 0.29) is 0 Å². The molecular formula is C16H27N5. The van der Waals surface area contributed by atoms with Crippen LogP contribution < -0.4 is 10.6 Å². The third-order valence-electron chi connectivity index (χ3n) is 4.99. The molecule has 2 atom stereocenters. The highest BCUT2D eigenvalue weighted by Crippen LogP contribution is 2.34. The maximum absolute atomic E-state index is 4.62. The predicted molar refractivity (Wildman–Crippen MR) is 86.8 cm³/mol. The Morgan fingerprint density at radius 2 is 2.00 bits per heavy atom. The Hall–Kier alpha value is -1.36. The summed E-state index contributed by atoms with van der Waals surface area (Å²) in [7, 11) is 2.30. The van der Waals surface area contributed by atoms with Gasteiger partial charge in [0.1, 0.15) is 5.82 Å². The van der Waals surface area contributed by atoms with Crippen molar-refractivity contribution in [2.75, 3.05) is 24.2 Å². The lowest BCUT2D eigenvalue weighted by Crippen LogP contribution is -2.52. The summed E-state index contributed by atoms with van der Waals surface area (Å²) >= 11 is 0. The molecule has 3 rings (SSSR count). The molecule has 5 heteroatoms. The first-order chi connectivity index (χ1) is 10.2. The second kappa shape index (κ2) is 6.18. The number of piperidine rings is 2. The van der Waals surface area contributed by atoms with E-state index in [1.165, 1.54) is 32.1 Å². The fourth-order valence-electron chi connectivity index (χ4n) is 3.76. The average molecular weight is 289 g/mol. The first-order valence-electron chi connectivity index (χ1n) is 8.23. The van der Waals surface area contributed by atoms with Crippen LogP contribution in [0.15, 0.2) is 6.20 Å². The molecule has 0 radical (unpaired) electrons. The van der Waals surface area contributed by atoms with Gasteiger partial charge in [-0.15, -0.1) is 0 Å². The summed E-state index contributed by atoms with van der Waals surface area (Å²) < 4.78 is 0. The number of fused-ring (bicyclic) bond motifs is 2. The van der Waals surface area contributed by atoms with Gasteiger partial charge in [0.15, 0.2) is 0 Å². The fourth-order valence-corrected chi connectivity index (χ4v) is 3.76. The molecule has 2 aliphatic rings. The van der Waals surface area contributed by atoms with E-state index < -0.39 is 0 Å². The third kappa shape index (κ3) is 3.12. The number of hydrogen-bond donors (Lipinski definition) is 2. The Bertz CT molecular complexity index is 476. The van der Waals surface area contributed by atoms with Crippen LogP contribution in [0, 0.1) is 6.92 Å². The zero-order valence-corrected chi connectivity index (χ0v) is 13.4. The van der Waals surface area contributed by atoms with Crippen molar-refractivity contribution in [3.63, 3.8) is 0 Å². The van der Waals surface area contributed by atoms with E-state index in [0.29, 0.717) is 6.04 Å². The van der Waals surface area contributed by atoms with Crippen LogP contribution in [0.1, 0.15) is 44.6 Å². The van der Waals surface area contributed by atoms with Gasteiger partial charge in [-0.05, 0) is 46.6 Å². The largest absolute Gasteiger partial charge is 0.367 e. The van der Waals surface area contributed by atoms with Crippen molar-refractivity contribution < 1.29 is 0 Å². The summed E-state index contributed by atoms with van der Waals surface area (Å²) in [6.45, 7) is 4.99. The highest BCUT2D eigenvalue weighted by molar-refractivity contribution is 5.47. The molecule has 2 saturated heterocycles. The Kier molecular flexibility index (Phi) is 4.29. The summed E-state index contributed by atoms with van der Waals surface area (Å²) in [5.41, 5.74) is 1.13. The molecule has 1 aromatic rings. The minimum absolute atomic E-state index is 0.541. The normalized spacial score (nSPS) is 29.2. The lowest BCUT2D eigenvalue weighted by molar-refractivity contribution is 0.0608. The fraction of sp³-hybridized carbons (Fsp3) is 0.750. The molecule has 2 fully saturated rings. The maximum atomic E-state index is 4.62. The van der Waals surface area contributed by atoms with Crippen LogP contribution >= 0.6 is 0 Å². The number of anilines is 2. The summed E-state index contributed by atoms with van der Waals surface area (Å²) in [6, 6.07) is 2.02. The minimum atomic E-state index is 0.541. The number of rotatable bonds is 4. The van der Waals surface area contributed by atoms with E-state index in [1.807, 2.05) is 6.20 Å². The molecule has 2 N–H and O–H groups in total. The second-order valence-corrected chi connectivity index (χ2v) is 6.47. The number of nitrogens with one attached hydrogen (secondary N) is 2. The second-order valence-electron chi connectivity index (χ2n) is 6.47. The Labute approximate surface area is 127 Å². The molecule has 21 heavy (non-hydrogen) atoms. The van der Waals surface area contributed by atoms with E-state index in [9.17, 15) is 0 Å². The van der Waals surface area contributed by atoms with Crippen molar-refractivity contribution in [1.82, 2.24) is 14.9 Å². The van der Waals surface area contributed by atoms with Crippen LogP contribution in [0.2, 0.25) is 0 Å². The zero-order valence-electron chi connectivity index (χ0n) is 13.4. The number of aryl methyl sites for hydroxylation is 1. The lowest BCUT2D eigenvalue weighted by Gasteiger charge is -2.47. The van der Waals surface area contributed by atoms with Gasteiger partial charge in [0.2, 0.25) is 5.95 Å². The first kappa shape index (κ1) is 14.6. The monoisotopic (exact) mass is 289 g/mol. The highest BCUT2D eigenvalue weighted by atomic mass is 15.2. The third-order valence-corrected chi connectivity index (χ3v) is 4.99. The Morgan fingerprint density at radius 1 is 1.29 bits per heavy atom. The molecule has 0 spiro atoms. The smallest absolute Gasteiger partial charge is 0.224 e. The minimum Gasteiger partial charge on any atom is -0.367 e. The van der Waals surface area contributed by atoms with Crippen LogP contribution in [-0.4, -0.2) is 46.6 Å². The highest BCUT2D eigenvalue weighted by Gasteiger charge is 2.36. The van der Waals surface area contributed by atoms with Gasteiger partial charge in [-0.25, -0.2) is 4.98 Å². The van der Waals surface area contributed by atoms with Gasteiger partial charge < -0.3 is 15.5 Å². The van der Waals surface area contributed by atoms with E-state index >= 15 is 0 Å². The molecule has 0 amide bonds. The van der Waals surface area contributed by atoms with E-state index in [4.69, 9.17) is 0 Å². The summed E-state index contributed by atoms with van der Waals surface area (Å²) in [4.78, 5) is 11.5. The number of nitrogens with zero attached hydrogens (tertiary/aromatic N) is 3. The molecular weight excluding hydrogens is 262 g/mol. The molecule has 2 unspecified atom stereocenters. The molecule has 2 aliphatic heterocycles. The molecule has 0 saturated carbocycles. The van der Waals surface area contributed by atoms with Crippen molar-refractivity contribution >= 4 is 11.8 Å². The molecule has 5 nitrogen and oxygen atoms in total. The molecule has 116 valence electrons. The topological polar surface area (TPSA) is 53.1 Å². The van der Waals surface area contributed by atoms with Crippen molar-refractivity contribution in [2.24, 2.45) is 0 Å². The molecule has 3 heterocycles. The van der Waals surface area contributed by atoms with Crippen LogP contribution in [-0.2, 0) is 0 Å². The van der Waals surface area contributed by atoms with Crippen LogP contribution in [0.25, 0.3) is 0 Å². The molecule has 0 aliphatic carbocycles. The summed E-state index contributed by atoms with van der Waals surface area (Å²) in [5.74, 6) is 1.72. The van der Waals surface area contributed by atoms with Crippen molar-refractivity contribution in [1.29, 1.82) is 0 Å². The molecule has 2 bridgehead atoms. The number of hydrogen-bond acceptors (Lipinski definition) is 5. The van der Waals surface area contributed by atoms with Crippen molar-refractivity contribution in [2.45, 2.75) is 64.1 Å². The van der Waals surface area contributed by atoms with Crippen molar-refractivity contribution in [3.8, 4) is 0 Å². The van der Waals surface area contributed by atoms with Gasteiger partial charge in [0.05, 0.1) is 0 Å². The van der Waals surface area contributed by atoms with E-state index in [2.05, 4.69) is 46.4 Å². The van der Waals surface area contributed by atoms with Gasteiger partial charge in [-0.3, -0.25) is 0 Å². The van der Waals surface area contributed by atoms with E-state index in [0.717, 1.165) is 36.0 Å². The molecule has 1 aromatic heterocycles. The van der Waals surface area contributed by atoms with Crippen LogP contribution in [0.5, 0.6) is 0 Å². The quantitative estimate of drug-likeness (QED) is 0.892. The van der Waals surface area contributed by atoms with Gasteiger partial charge in [0.25, 0.3) is 0 Å². The summed E-state index contributed by atoms with van der Waals surface area (Å²) in [5, 5.41) is 6.87. The zero-order chi connectivity index (χ0) is 14.8. The predicted octanol–water partition coefficient (Wildman–Crippen LogP) is 2.64. The Morgan fingerprint density at radius 3 is 2.67 bits per heavy atom. The Balaban J connectivity index is 1.70. The summed E-state index contributed by atoms with van der Waals surface area (Å²) in [6.07, 6.45) is 8.44. The van der Waals surface area contributed by atoms with Gasteiger partial charge in [-0.2, -0.15) is 4.98 Å². The lowest BCUT2D eigenvalue weighted by atomic mass is 9.82. The SMILES string of the molecule is CCNc1ncc(C)c(NC2CC3CCCC(C2)N3C)n1. The van der Waals surface area contributed by atoms with Gasteiger partial charge in [0, 0.05) is 36.4 Å². The van der Waals surface area contributed by atoms with Gasteiger partial charge >= 0.3 is 0 Å². The molecule has 0 aromatic carbocycles. The van der Waals surface area contributed by atoms with Crippen molar-refractivity contribution in [3.05, 3.63) is 11.8 Å². The maximum Gasteiger partial charge on any atom is 0.224 e.